The van der Waals surface area contributed by atoms with Crippen LogP contribution < -0.4 is 4.90 Å². The van der Waals surface area contributed by atoms with Crippen LogP contribution in [0.5, 0.6) is 0 Å². The Kier molecular flexibility index (Phi) is 5.01. The molecule has 0 spiro atoms. The lowest BCUT2D eigenvalue weighted by Gasteiger charge is -2.29. The van der Waals surface area contributed by atoms with Crippen LogP contribution in [-0.4, -0.2) is 21.5 Å². The molecule has 1 aromatic heterocycles. The van der Waals surface area contributed by atoms with Gasteiger partial charge in [-0.3, -0.25) is 0 Å². The molecule has 2 heterocycles. The van der Waals surface area contributed by atoms with Crippen molar-refractivity contribution in [2.24, 2.45) is 0 Å². The van der Waals surface area contributed by atoms with Crippen molar-refractivity contribution >= 4 is 5.69 Å². The predicted octanol–water partition coefficient (Wildman–Crippen LogP) is 4.81. The summed E-state index contributed by atoms with van der Waals surface area (Å²) in [6.45, 7) is 2.32. The lowest BCUT2D eigenvalue weighted by molar-refractivity contribution is 0.521. The number of aromatic nitrogens is 3. The van der Waals surface area contributed by atoms with Gasteiger partial charge in [0.2, 0.25) is 0 Å². The van der Waals surface area contributed by atoms with Gasteiger partial charge in [-0.05, 0) is 35.4 Å². The van der Waals surface area contributed by atoms with Gasteiger partial charge < -0.3 is 4.90 Å². The van der Waals surface area contributed by atoms with Gasteiger partial charge in [-0.2, -0.15) is 0 Å². The fourth-order valence-corrected chi connectivity index (χ4v) is 4.23. The summed E-state index contributed by atoms with van der Waals surface area (Å²) in [6, 6.07) is 27.8. The predicted molar refractivity (Wildman–Crippen MR) is 116 cm³/mol. The molecule has 0 saturated heterocycles. The lowest BCUT2D eigenvalue weighted by atomic mass is 9.91. The molecule has 150 valence electrons. The minimum atomic E-state index is -0.213. The van der Waals surface area contributed by atoms with E-state index in [2.05, 4.69) is 68.4 Å². The zero-order chi connectivity index (χ0) is 20.3. The zero-order valence-corrected chi connectivity index (χ0v) is 16.7. The Labute approximate surface area is 175 Å². The zero-order valence-electron chi connectivity index (χ0n) is 16.7. The topological polar surface area (TPSA) is 34.0 Å². The highest BCUT2D eigenvalue weighted by Crippen LogP contribution is 2.29. The number of benzene rings is 3. The first-order chi connectivity index (χ1) is 14.8. The van der Waals surface area contributed by atoms with Crippen molar-refractivity contribution in [1.29, 1.82) is 0 Å². The quantitative estimate of drug-likeness (QED) is 0.484. The monoisotopic (exact) mass is 398 g/mol. The molecule has 0 aliphatic carbocycles. The summed E-state index contributed by atoms with van der Waals surface area (Å²) < 4.78 is 15.3. The fourth-order valence-electron chi connectivity index (χ4n) is 4.23. The number of halogens is 1. The smallest absolute Gasteiger partial charge is 0.123 e. The van der Waals surface area contributed by atoms with Crippen molar-refractivity contribution in [2.45, 2.75) is 25.4 Å². The van der Waals surface area contributed by atoms with E-state index in [1.807, 2.05) is 24.3 Å². The molecule has 0 unspecified atom stereocenters. The number of fused-ring (bicyclic) bond motifs is 1. The number of anilines is 1. The molecule has 3 aromatic carbocycles. The van der Waals surface area contributed by atoms with Gasteiger partial charge >= 0.3 is 0 Å². The van der Waals surface area contributed by atoms with Crippen molar-refractivity contribution in [3.63, 3.8) is 0 Å². The molecule has 5 heteroatoms. The maximum absolute atomic E-state index is 13.3. The van der Waals surface area contributed by atoms with Crippen molar-refractivity contribution in [1.82, 2.24) is 15.0 Å². The van der Waals surface area contributed by atoms with E-state index in [4.69, 9.17) is 0 Å². The molecule has 0 radical (unpaired) electrons. The van der Waals surface area contributed by atoms with Crippen molar-refractivity contribution < 1.29 is 4.39 Å². The number of hydrogen-bond donors (Lipinski definition) is 0. The summed E-state index contributed by atoms with van der Waals surface area (Å²) >= 11 is 0. The van der Waals surface area contributed by atoms with Gasteiger partial charge in [0.25, 0.3) is 0 Å². The Morgan fingerprint density at radius 2 is 1.47 bits per heavy atom. The molecule has 0 fully saturated rings. The molecular weight excluding hydrogens is 375 g/mol. The Bertz CT molecular complexity index is 1070. The normalized spacial score (nSPS) is 13.5. The van der Waals surface area contributed by atoms with E-state index in [0.717, 1.165) is 30.9 Å². The lowest BCUT2D eigenvalue weighted by Crippen LogP contribution is -2.31. The Balaban J connectivity index is 1.41. The largest absolute Gasteiger partial charge is 0.365 e. The summed E-state index contributed by atoms with van der Waals surface area (Å²) in [6.07, 6.45) is 0.871. The van der Waals surface area contributed by atoms with Crippen molar-refractivity contribution in [2.75, 3.05) is 11.4 Å². The maximum atomic E-state index is 13.3. The number of nitrogens with zero attached hydrogens (tertiary/aromatic N) is 4. The van der Waals surface area contributed by atoms with Crippen LogP contribution in [0, 0.1) is 5.82 Å². The molecular formula is C25H23FN4. The van der Waals surface area contributed by atoms with Crippen LogP contribution in [0.15, 0.2) is 84.9 Å². The summed E-state index contributed by atoms with van der Waals surface area (Å²) in [5.74, 6) is 0.00332. The van der Waals surface area contributed by atoms with Crippen LogP contribution in [0.25, 0.3) is 0 Å². The van der Waals surface area contributed by atoms with Gasteiger partial charge in [0, 0.05) is 24.6 Å². The molecule has 4 nitrogen and oxygen atoms in total. The first-order valence-corrected chi connectivity index (χ1v) is 10.3. The highest BCUT2D eigenvalue weighted by Gasteiger charge is 2.24. The van der Waals surface area contributed by atoms with E-state index < -0.39 is 0 Å². The van der Waals surface area contributed by atoms with E-state index in [-0.39, 0.29) is 11.7 Å². The SMILES string of the molecule is Fc1ccc(N2CCc3c(nnn3CC(c3ccccc3)c3ccccc3)C2)cc1. The van der Waals surface area contributed by atoms with Gasteiger partial charge in [-0.25, -0.2) is 9.07 Å². The molecule has 4 aromatic rings. The molecule has 0 amide bonds. The van der Waals surface area contributed by atoms with E-state index in [1.54, 1.807) is 0 Å². The molecule has 30 heavy (non-hydrogen) atoms. The second-order valence-electron chi connectivity index (χ2n) is 7.69. The Morgan fingerprint density at radius 3 is 2.10 bits per heavy atom. The summed E-state index contributed by atoms with van der Waals surface area (Å²) in [7, 11) is 0. The molecule has 0 bridgehead atoms. The third-order valence-electron chi connectivity index (χ3n) is 5.83. The molecule has 0 saturated carbocycles. The third kappa shape index (κ3) is 3.71. The summed E-state index contributed by atoms with van der Waals surface area (Å²) in [4.78, 5) is 2.23. The standard InChI is InChI=1S/C25H23FN4/c26-21-11-13-22(14-12-21)29-16-15-25-24(18-29)27-28-30(25)17-23(19-7-3-1-4-8-19)20-9-5-2-6-10-20/h1-14,23H,15-18H2. The van der Waals surface area contributed by atoms with Crippen LogP contribution in [0.2, 0.25) is 0 Å². The van der Waals surface area contributed by atoms with E-state index in [1.165, 1.54) is 29.0 Å². The van der Waals surface area contributed by atoms with Gasteiger partial charge in [-0.15, -0.1) is 5.10 Å². The second-order valence-corrected chi connectivity index (χ2v) is 7.69. The molecule has 0 N–H and O–H groups in total. The van der Waals surface area contributed by atoms with E-state index in [9.17, 15) is 4.39 Å². The minimum Gasteiger partial charge on any atom is -0.365 e. The molecule has 1 aliphatic rings. The molecule has 1 aliphatic heterocycles. The minimum absolute atomic E-state index is 0.213. The van der Waals surface area contributed by atoms with Crippen LogP contribution in [0.1, 0.15) is 28.4 Å². The average Bonchev–Trinajstić information content (AvgIpc) is 3.21. The van der Waals surface area contributed by atoms with Crippen LogP contribution in [-0.2, 0) is 19.5 Å². The van der Waals surface area contributed by atoms with Crippen LogP contribution in [0.3, 0.4) is 0 Å². The summed E-state index contributed by atoms with van der Waals surface area (Å²) in [5.41, 5.74) is 5.77. The Hall–Kier alpha value is -3.47. The summed E-state index contributed by atoms with van der Waals surface area (Å²) in [5, 5.41) is 9.00. The van der Waals surface area contributed by atoms with Crippen LogP contribution in [0.4, 0.5) is 10.1 Å². The average molecular weight is 398 g/mol. The van der Waals surface area contributed by atoms with Crippen molar-refractivity contribution in [3.05, 3.63) is 113 Å². The van der Waals surface area contributed by atoms with E-state index in [0.29, 0.717) is 6.54 Å². The molecule has 0 atom stereocenters. The number of rotatable bonds is 5. The van der Waals surface area contributed by atoms with Crippen molar-refractivity contribution in [3.8, 4) is 0 Å². The fraction of sp³-hybridized carbons (Fsp3) is 0.200. The Morgan fingerprint density at radius 1 is 0.833 bits per heavy atom. The third-order valence-corrected chi connectivity index (χ3v) is 5.83. The van der Waals surface area contributed by atoms with Gasteiger partial charge in [0.05, 0.1) is 18.8 Å². The maximum Gasteiger partial charge on any atom is 0.123 e. The number of hydrogen-bond acceptors (Lipinski definition) is 3. The highest BCUT2D eigenvalue weighted by atomic mass is 19.1. The first kappa shape index (κ1) is 18.6. The highest BCUT2D eigenvalue weighted by molar-refractivity contribution is 5.48. The van der Waals surface area contributed by atoms with Crippen LogP contribution >= 0.6 is 0 Å². The van der Waals surface area contributed by atoms with Gasteiger partial charge in [0.1, 0.15) is 11.5 Å². The molecule has 5 rings (SSSR count). The van der Waals surface area contributed by atoms with Gasteiger partial charge in [0.15, 0.2) is 0 Å². The van der Waals surface area contributed by atoms with E-state index >= 15 is 0 Å². The second kappa shape index (κ2) is 8.11. The first-order valence-electron chi connectivity index (χ1n) is 10.3. The van der Waals surface area contributed by atoms with Gasteiger partial charge in [-0.1, -0.05) is 65.9 Å².